The van der Waals surface area contributed by atoms with Crippen LogP contribution in [-0.4, -0.2) is 25.2 Å². The molecule has 0 aliphatic heterocycles. The molecule has 0 unspecified atom stereocenters. The number of nitrogens with two attached hydrogens (primary N) is 1. The number of carbonyl (C=O) groups excluding carboxylic acids is 1. The first-order valence-electron chi connectivity index (χ1n) is 5.15. The topological polar surface area (TPSA) is 74.4 Å². The zero-order chi connectivity index (χ0) is 13.7. The van der Waals surface area contributed by atoms with Crippen LogP contribution in [0.4, 0.5) is 8.78 Å². The smallest absolute Gasteiger partial charge is 0.311 e. The molecule has 0 spiro atoms. The van der Waals surface area contributed by atoms with Crippen LogP contribution >= 0.6 is 0 Å². The van der Waals surface area contributed by atoms with Crippen LogP contribution in [0.25, 0.3) is 0 Å². The van der Waals surface area contributed by atoms with Crippen molar-refractivity contribution in [2.24, 2.45) is 5.73 Å². The molecule has 18 heavy (non-hydrogen) atoms. The maximum atomic E-state index is 12.7. The average Bonchev–Trinajstić information content (AvgIpc) is 2.37. The number of hydrogen-bond donors (Lipinski definition) is 1. The van der Waals surface area contributed by atoms with Gasteiger partial charge in [-0.1, -0.05) is 0 Å². The highest BCUT2D eigenvalue weighted by Crippen LogP contribution is 2.29. The van der Waals surface area contributed by atoms with Gasteiger partial charge in [-0.3, -0.25) is 4.79 Å². The van der Waals surface area contributed by atoms with E-state index < -0.39 is 12.4 Å². The standard InChI is InChI=1S/C11H14F2N2O3/c1-17-9(16)4-8-6(5-14)3-7(10(12)13)11(15-8)18-2/h3,10H,4-5,14H2,1-2H3. The summed E-state index contributed by atoms with van der Waals surface area (Å²) in [5.74, 6) is -0.731. The van der Waals surface area contributed by atoms with Crippen molar-refractivity contribution in [3.05, 3.63) is 22.9 Å². The summed E-state index contributed by atoms with van der Waals surface area (Å²) in [7, 11) is 2.47. The minimum absolute atomic E-state index is 0.00302. The highest BCUT2D eigenvalue weighted by Gasteiger charge is 2.20. The number of pyridine rings is 1. The lowest BCUT2D eigenvalue weighted by molar-refractivity contribution is -0.139. The first kappa shape index (κ1) is 14.3. The molecule has 0 bridgehead atoms. The van der Waals surface area contributed by atoms with Crippen LogP contribution in [0.3, 0.4) is 0 Å². The van der Waals surface area contributed by atoms with E-state index in [1.54, 1.807) is 0 Å². The number of esters is 1. The van der Waals surface area contributed by atoms with Gasteiger partial charge >= 0.3 is 5.97 Å². The summed E-state index contributed by atoms with van der Waals surface area (Å²) in [5, 5.41) is 0. The third kappa shape index (κ3) is 3.13. The molecular weight excluding hydrogens is 246 g/mol. The Hall–Kier alpha value is -1.76. The Morgan fingerprint density at radius 3 is 2.61 bits per heavy atom. The van der Waals surface area contributed by atoms with Crippen LogP contribution in [0.1, 0.15) is 23.2 Å². The van der Waals surface area contributed by atoms with Crippen molar-refractivity contribution >= 4 is 5.97 Å². The van der Waals surface area contributed by atoms with E-state index in [2.05, 4.69) is 9.72 Å². The summed E-state index contributed by atoms with van der Waals surface area (Å²) in [6, 6.07) is 1.20. The fourth-order valence-electron chi connectivity index (χ4n) is 1.45. The van der Waals surface area contributed by atoms with Gasteiger partial charge < -0.3 is 15.2 Å². The van der Waals surface area contributed by atoms with Gasteiger partial charge in [-0.25, -0.2) is 13.8 Å². The maximum Gasteiger partial charge on any atom is 0.311 e. The van der Waals surface area contributed by atoms with Crippen molar-refractivity contribution in [1.82, 2.24) is 4.98 Å². The summed E-state index contributed by atoms with van der Waals surface area (Å²) in [6.07, 6.45) is -2.85. The lowest BCUT2D eigenvalue weighted by Crippen LogP contribution is -2.13. The number of nitrogens with zero attached hydrogens (tertiary/aromatic N) is 1. The van der Waals surface area contributed by atoms with E-state index in [9.17, 15) is 13.6 Å². The zero-order valence-electron chi connectivity index (χ0n) is 10.1. The van der Waals surface area contributed by atoms with E-state index in [1.165, 1.54) is 20.3 Å². The quantitative estimate of drug-likeness (QED) is 0.805. The summed E-state index contributed by atoms with van der Waals surface area (Å²) in [6.45, 7) is 0.00302. The summed E-state index contributed by atoms with van der Waals surface area (Å²) in [4.78, 5) is 15.1. The highest BCUT2D eigenvalue weighted by molar-refractivity contribution is 5.72. The SMILES string of the molecule is COC(=O)Cc1nc(OC)c(C(F)F)cc1CN. The fraction of sp³-hybridized carbons (Fsp3) is 0.455. The fourth-order valence-corrected chi connectivity index (χ4v) is 1.45. The molecule has 100 valence electrons. The molecule has 0 fully saturated rings. The Kier molecular flexibility index (Phi) is 4.96. The second-order valence-corrected chi connectivity index (χ2v) is 3.45. The van der Waals surface area contributed by atoms with Gasteiger partial charge in [0.1, 0.15) is 0 Å². The molecule has 0 aliphatic carbocycles. The van der Waals surface area contributed by atoms with Crippen LogP contribution in [0.5, 0.6) is 5.88 Å². The molecule has 2 N–H and O–H groups in total. The first-order valence-corrected chi connectivity index (χ1v) is 5.15. The van der Waals surface area contributed by atoms with Gasteiger partial charge in [0, 0.05) is 6.54 Å². The number of halogens is 2. The van der Waals surface area contributed by atoms with Crippen LogP contribution in [0.15, 0.2) is 6.07 Å². The van der Waals surface area contributed by atoms with E-state index in [0.717, 1.165) is 0 Å². The van der Waals surface area contributed by atoms with Gasteiger partial charge in [0.05, 0.1) is 31.9 Å². The second kappa shape index (κ2) is 6.25. The average molecular weight is 260 g/mol. The summed E-state index contributed by atoms with van der Waals surface area (Å²) < 4.78 is 34.8. The second-order valence-electron chi connectivity index (χ2n) is 3.45. The molecule has 0 aliphatic rings. The van der Waals surface area contributed by atoms with Crippen molar-refractivity contribution < 1.29 is 23.0 Å². The molecule has 0 saturated heterocycles. The maximum absolute atomic E-state index is 12.7. The first-order chi connectivity index (χ1) is 8.53. The molecule has 0 aromatic carbocycles. The molecular formula is C11H14F2N2O3. The third-order valence-electron chi connectivity index (χ3n) is 2.37. The minimum atomic E-state index is -2.72. The van der Waals surface area contributed by atoms with Crippen molar-refractivity contribution in [3.63, 3.8) is 0 Å². The summed E-state index contributed by atoms with van der Waals surface area (Å²) >= 11 is 0. The zero-order valence-corrected chi connectivity index (χ0v) is 10.1. The predicted molar refractivity (Wildman–Crippen MR) is 59.4 cm³/mol. The van der Waals surface area contributed by atoms with Crippen LogP contribution in [0.2, 0.25) is 0 Å². The van der Waals surface area contributed by atoms with Gasteiger partial charge in [-0.2, -0.15) is 0 Å². The Morgan fingerprint density at radius 2 is 2.17 bits per heavy atom. The van der Waals surface area contributed by atoms with Crippen LogP contribution in [0, 0.1) is 0 Å². The van der Waals surface area contributed by atoms with E-state index in [-0.39, 0.29) is 30.1 Å². The van der Waals surface area contributed by atoms with E-state index in [4.69, 9.17) is 10.5 Å². The van der Waals surface area contributed by atoms with Gasteiger partial charge in [0.25, 0.3) is 6.43 Å². The summed E-state index contributed by atoms with van der Waals surface area (Å²) in [5.41, 5.74) is 5.76. The Balaban J connectivity index is 3.21. The number of aromatic nitrogens is 1. The van der Waals surface area contributed by atoms with E-state index in [1.807, 2.05) is 0 Å². The predicted octanol–water partition coefficient (Wildman–Crippen LogP) is 1.20. The Morgan fingerprint density at radius 1 is 1.50 bits per heavy atom. The molecule has 0 atom stereocenters. The molecule has 5 nitrogen and oxygen atoms in total. The normalized spacial score (nSPS) is 10.6. The molecule has 1 rings (SSSR count). The molecule has 0 amide bonds. The highest BCUT2D eigenvalue weighted by atomic mass is 19.3. The largest absolute Gasteiger partial charge is 0.481 e. The number of alkyl halides is 2. The number of carbonyl (C=O) groups is 1. The molecule has 7 heteroatoms. The third-order valence-corrected chi connectivity index (χ3v) is 2.37. The van der Waals surface area contributed by atoms with Gasteiger partial charge in [0.15, 0.2) is 0 Å². The van der Waals surface area contributed by atoms with Crippen molar-refractivity contribution in [1.29, 1.82) is 0 Å². The molecule has 1 aromatic rings. The number of rotatable bonds is 5. The van der Waals surface area contributed by atoms with Crippen molar-refractivity contribution in [3.8, 4) is 5.88 Å². The number of ether oxygens (including phenoxy) is 2. The van der Waals surface area contributed by atoms with Crippen molar-refractivity contribution in [2.45, 2.75) is 19.4 Å². The van der Waals surface area contributed by atoms with Crippen LogP contribution < -0.4 is 10.5 Å². The van der Waals surface area contributed by atoms with Crippen LogP contribution in [-0.2, 0) is 22.5 Å². The molecule has 1 heterocycles. The van der Waals surface area contributed by atoms with E-state index in [0.29, 0.717) is 5.56 Å². The Labute approximate surface area is 103 Å². The lowest BCUT2D eigenvalue weighted by atomic mass is 10.1. The molecule has 1 aromatic heterocycles. The monoisotopic (exact) mass is 260 g/mol. The van der Waals surface area contributed by atoms with Gasteiger partial charge in [0.2, 0.25) is 5.88 Å². The Bertz CT molecular complexity index is 439. The van der Waals surface area contributed by atoms with Crippen molar-refractivity contribution in [2.75, 3.05) is 14.2 Å². The molecule has 0 radical (unpaired) electrons. The minimum Gasteiger partial charge on any atom is -0.481 e. The number of methoxy groups -OCH3 is 2. The van der Waals surface area contributed by atoms with Gasteiger partial charge in [-0.15, -0.1) is 0 Å². The number of hydrogen-bond acceptors (Lipinski definition) is 5. The van der Waals surface area contributed by atoms with E-state index >= 15 is 0 Å². The van der Waals surface area contributed by atoms with Gasteiger partial charge in [-0.05, 0) is 11.6 Å². The lowest BCUT2D eigenvalue weighted by Gasteiger charge is -2.12. The molecule has 0 saturated carbocycles.